The van der Waals surface area contributed by atoms with Crippen LogP contribution in [0.25, 0.3) is 0 Å². The first-order chi connectivity index (χ1) is 9.77. The van der Waals surface area contributed by atoms with Crippen LogP contribution in [0.1, 0.15) is 34.8 Å². The van der Waals surface area contributed by atoms with Crippen LogP contribution in [0.5, 0.6) is 0 Å². The van der Waals surface area contributed by atoms with E-state index in [0.29, 0.717) is 5.01 Å². The van der Waals surface area contributed by atoms with E-state index in [4.69, 9.17) is 0 Å². The van der Waals surface area contributed by atoms with Crippen LogP contribution in [-0.2, 0) is 15.8 Å². The van der Waals surface area contributed by atoms with Gasteiger partial charge in [-0.2, -0.15) is 0 Å². The van der Waals surface area contributed by atoms with Gasteiger partial charge in [-0.05, 0) is 32.4 Å². The van der Waals surface area contributed by atoms with E-state index < -0.39 is 21.9 Å². The zero-order valence-corrected chi connectivity index (χ0v) is 13.7. The molecule has 0 radical (unpaired) electrons. The van der Waals surface area contributed by atoms with Crippen LogP contribution in [0.4, 0.5) is 4.39 Å². The van der Waals surface area contributed by atoms with Crippen LogP contribution < -0.4 is 4.72 Å². The summed E-state index contributed by atoms with van der Waals surface area (Å²) in [5, 5.41) is 2.56. The Kier molecular flexibility index (Phi) is 4.75. The summed E-state index contributed by atoms with van der Waals surface area (Å²) >= 11 is 1.40. The maximum Gasteiger partial charge on any atom is 0.216 e. The molecule has 0 aliphatic rings. The van der Waals surface area contributed by atoms with Gasteiger partial charge in [-0.3, -0.25) is 0 Å². The van der Waals surface area contributed by atoms with Gasteiger partial charge in [-0.1, -0.05) is 12.1 Å². The van der Waals surface area contributed by atoms with Gasteiger partial charge in [-0.15, -0.1) is 11.3 Å². The molecule has 2 aromatic rings. The van der Waals surface area contributed by atoms with E-state index in [9.17, 15) is 12.8 Å². The van der Waals surface area contributed by atoms with Gasteiger partial charge in [-0.25, -0.2) is 22.5 Å². The summed E-state index contributed by atoms with van der Waals surface area (Å²) in [7, 11) is -3.63. The van der Waals surface area contributed by atoms with Crippen molar-refractivity contribution in [3.63, 3.8) is 0 Å². The molecule has 1 N–H and O–H groups in total. The van der Waals surface area contributed by atoms with Crippen LogP contribution >= 0.6 is 11.3 Å². The Morgan fingerprint density at radius 1 is 1.38 bits per heavy atom. The standard InChI is InChI=1S/C14H17FN2O2S2/c1-9-4-5-12(13(15)6-9)8-21(18,19)17-11(3)14-16-10(2)7-20-14/h4-7,11,17H,8H2,1-3H3/t11-/m1/s1. The molecule has 0 saturated carbocycles. The molecule has 1 atom stereocenters. The van der Waals surface area contributed by atoms with E-state index in [0.717, 1.165) is 11.3 Å². The smallest absolute Gasteiger partial charge is 0.216 e. The van der Waals surface area contributed by atoms with Gasteiger partial charge < -0.3 is 0 Å². The monoisotopic (exact) mass is 328 g/mol. The number of hydrogen-bond donors (Lipinski definition) is 1. The van der Waals surface area contributed by atoms with Gasteiger partial charge in [0.1, 0.15) is 10.8 Å². The largest absolute Gasteiger partial charge is 0.245 e. The molecule has 0 spiro atoms. The fourth-order valence-electron chi connectivity index (χ4n) is 1.91. The average molecular weight is 328 g/mol. The first kappa shape index (κ1) is 16.1. The quantitative estimate of drug-likeness (QED) is 0.917. The Labute approximate surface area is 128 Å². The second kappa shape index (κ2) is 6.21. The molecule has 114 valence electrons. The van der Waals surface area contributed by atoms with Crippen molar-refractivity contribution in [2.45, 2.75) is 32.6 Å². The molecule has 21 heavy (non-hydrogen) atoms. The molecular weight excluding hydrogens is 311 g/mol. The molecule has 0 fully saturated rings. The Morgan fingerprint density at radius 2 is 2.10 bits per heavy atom. The summed E-state index contributed by atoms with van der Waals surface area (Å²) in [5.41, 5.74) is 1.77. The second-order valence-electron chi connectivity index (χ2n) is 5.02. The number of nitrogens with one attached hydrogen (secondary N) is 1. The van der Waals surface area contributed by atoms with Crippen molar-refractivity contribution in [2.24, 2.45) is 0 Å². The number of aromatic nitrogens is 1. The number of nitrogens with zero attached hydrogens (tertiary/aromatic N) is 1. The molecule has 2 rings (SSSR count). The van der Waals surface area contributed by atoms with Crippen molar-refractivity contribution in [2.75, 3.05) is 0 Å². The first-order valence-electron chi connectivity index (χ1n) is 6.44. The topological polar surface area (TPSA) is 59.1 Å². The molecule has 0 aliphatic carbocycles. The molecule has 7 heteroatoms. The van der Waals surface area contributed by atoms with Gasteiger partial charge in [0.2, 0.25) is 10.0 Å². The van der Waals surface area contributed by atoms with Gasteiger partial charge >= 0.3 is 0 Å². The first-order valence-corrected chi connectivity index (χ1v) is 8.97. The lowest BCUT2D eigenvalue weighted by atomic mass is 10.2. The lowest BCUT2D eigenvalue weighted by Crippen LogP contribution is -2.28. The van der Waals surface area contributed by atoms with E-state index in [1.165, 1.54) is 23.5 Å². The minimum atomic E-state index is -3.63. The van der Waals surface area contributed by atoms with Crippen molar-refractivity contribution in [3.8, 4) is 0 Å². The lowest BCUT2D eigenvalue weighted by Gasteiger charge is -2.12. The molecular formula is C14H17FN2O2S2. The van der Waals surface area contributed by atoms with Crippen LogP contribution in [-0.4, -0.2) is 13.4 Å². The third-order valence-electron chi connectivity index (χ3n) is 2.92. The van der Waals surface area contributed by atoms with Crippen LogP contribution in [0, 0.1) is 19.7 Å². The predicted octanol–water partition coefficient (Wildman–Crippen LogP) is 3.08. The molecule has 1 heterocycles. The highest BCUT2D eigenvalue weighted by Crippen LogP contribution is 2.20. The van der Waals surface area contributed by atoms with Crippen LogP contribution in [0.15, 0.2) is 23.6 Å². The van der Waals surface area contributed by atoms with E-state index in [1.807, 2.05) is 12.3 Å². The second-order valence-corrected chi connectivity index (χ2v) is 7.66. The third kappa shape index (κ3) is 4.33. The molecule has 0 aliphatic heterocycles. The van der Waals surface area contributed by atoms with Crippen molar-refractivity contribution < 1.29 is 12.8 Å². The molecule has 1 aromatic carbocycles. The zero-order chi connectivity index (χ0) is 15.6. The maximum absolute atomic E-state index is 13.7. The molecule has 0 saturated heterocycles. The van der Waals surface area contributed by atoms with Gasteiger partial charge in [0.15, 0.2) is 0 Å². The maximum atomic E-state index is 13.7. The fraction of sp³-hybridized carbons (Fsp3) is 0.357. The van der Waals surface area contributed by atoms with Crippen LogP contribution in [0.3, 0.4) is 0 Å². The van der Waals surface area contributed by atoms with Crippen molar-refractivity contribution in [3.05, 3.63) is 51.2 Å². The molecule has 4 nitrogen and oxygen atoms in total. The highest BCUT2D eigenvalue weighted by molar-refractivity contribution is 7.88. The predicted molar refractivity (Wildman–Crippen MR) is 82.2 cm³/mol. The summed E-state index contributed by atoms with van der Waals surface area (Å²) in [6, 6.07) is 4.10. The number of thiazole rings is 1. The number of hydrogen-bond acceptors (Lipinski definition) is 4. The van der Waals surface area contributed by atoms with Gasteiger partial charge in [0.25, 0.3) is 0 Å². The number of benzene rings is 1. The SMILES string of the molecule is Cc1ccc(CS(=O)(=O)N[C@H](C)c2nc(C)cs2)c(F)c1. The number of halogens is 1. The van der Waals surface area contributed by atoms with E-state index in [-0.39, 0.29) is 11.3 Å². The third-order valence-corrected chi connectivity index (χ3v) is 5.47. The van der Waals surface area contributed by atoms with Crippen molar-refractivity contribution in [1.82, 2.24) is 9.71 Å². The van der Waals surface area contributed by atoms with Gasteiger partial charge in [0.05, 0.1) is 11.8 Å². The summed E-state index contributed by atoms with van der Waals surface area (Å²) in [6.07, 6.45) is 0. The fourth-order valence-corrected chi connectivity index (χ4v) is 4.16. The summed E-state index contributed by atoms with van der Waals surface area (Å²) < 4.78 is 40.5. The Balaban J connectivity index is 2.11. The van der Waals surface area contributed by atoms with Crippen molar-refractivity contribution in [1.29, 1.82) is 0 Å². The normalized spacial score (nSPS) is 13.3. The van der Waals surface area contributed by atoms with Crippen LogP contribution in [0.2, 0.25) is 0 Å². The number of sulfonamides is 1. The highest BCUT2D eigenvalue weighted by Gasteiger charge is 2.20. The van der Waals surface area contributed by atoms with E-state index in [1.54, 1.807) is 19.9 Å². The molecule has 0 unspecified atom stereocenters. The summed E-state index contributed by atoms with van der Waals surface area (Å²) in [5.74, 6) is -0.883. The number of aryl methyl sites for hydroxylation is 2. The minimum Gasteiger partial charge on any atom is -0.245 e. The van der Waals surface area contributed by atoms with E-state index in [2.05, 4.69) is 9.71 Å². The molecule has 1 aromatic heterocycles. The zero-order valence-electron chi connectivity index (χ0n) is 12.1. The Morgan fingerprint density at radius 3 is 2.67 bits per heavy atom. The molecule has 0 amide bonds. The Hall–Kier alpha value is -1.31. The minimum absolute atomic E-state index is 0.163. The number of rotatable bonds is 5. The highest BCUT2D eigenvalue weighted by atomic mass is 32.2. The van der Waals surface area contributed by atoms with E-state index >= 15 is 0 Å². The van der Waals surface area contributed by atoms with Gasteiger partial charge in [0, 0.05) is 16.6 Å². The molecule has 0 bridgehead atoms. The summed E-state index contributed by atoms with van der Waals surface area (Å²) in [6.45, 7) is 5.33. The average Bonchev–Trinajstić information content (AvgIpc) is 2.79. The van der Waals surface area contributed by atoms with Crippen molar-refractivity contribution >= 4 is 21.4 Å². The lowest BCUT2D eigenvalue weighted by molar-refractivity contribution is 0.560. The summed E-state index contributed by atoms with van der Waals surface area (Å²) in [4.78, 5) is 4.25. The Bertz CT molecular complexity index is 741.